The number of benzene rings is 1. The highest BCUT2D eigenvalue weighted by molar-refractivity contribution is 6.17. The average molecular weight is 238 g/mol. The number of nitrogens with zero attached hydrogens (tertiary/aromatic N) is 1. The maximum Gasteiger partial charge on any atom is 0.152 e. The summed E-state index contributed by atoms with van der Waals surface area (Å²) in [7, 11) is 1.61. The van der Waals surface area contributed by atoms with Crippen molar-refractivity contribution in [3.8, 4) is 5.75 Å². The number of ether oxygens (including phenoxy) is 1. The zero-order valence-corrected chi connectivity index (χ0v) is 9.70. The van der Waals surface area contributed by atoms with E-state index >= 15 is 0 Å². The molecule has 2 aromatic rings. The molecule has 0 N–H and O–H groups in total. The number of methoxy groups -OCH3 is 1. The van der Waals surface area contributed by atoms with Gasteiger partial charge in [-0.15, -0.1) is 11.6 Å². The van der Waals surface area contributed by atoms with Gasteiger partial charge in [-0.25, -0.2) is 0 Å². The predicted molar refractivity (Wildman–Crippen MR) is 64.6 cm³/mol. The number of aryl methyl sites for hydroxylation is 1. The molecule has 16 heavy (non-hydrogen) atoms. The summed E-state index contributed by atoms with van der Waals surface area (Å²) >= 11 is 5.71. The molecule has 0 saturated carbocycles. The summed E-state index contributed by atoms with van der Waals surface area (Å²) in [6.45, 7) is 0.693. The first-order valence-electron chi connectivity index (χ1n) is 4.98. The van der Waals surface area contributed by atoms with E-state index in [-0.39, 0.29) is 0 Å². The second-order valence-electron chi connectivity index (χ2n) is 3.47. The lowest BCUT2D eigenvalue weighted by Gasteiger charge is -2.03. The average Bonchev–Trinajstić information content (AvgIpc) is 2.67. The van der Waals surface area contributed by atoms with Crippen LogP contribution < -0.4 is 4.74 Å². The Balaban J connectivity index is 2.64. The first-order chi connectivity index (χ1) is 7.80. The summed E-state index contributed by atoms with van der Waals surface area (Å²) in [6, 6.07) is 5.68. The van der Waals surface area contributed by atoms with Crippen molar-refractivity contribution in [3.63, 3.8) is 0 Å². The Kier molecular flexibility index (Phi) is 3.15. The Bertz CT molecular complexity index is 519. The SMILES string of the molecule is COc1ccc2c(c1)c(C=O)cn2CCCl. The van der Waals surface area contributed by atoms with Crippen LogP contribution in [0.25, 0.3) is 10.9 Å². The van der Waals surface area contributed by atoms with Crippen LogP contribution >= 0.6 is 11.6 Å². The first kappa shape index (κ1) is 11.0. The van der Waals surface area contributed by atoms with Gasteiger partial charge in [0.1, 0.15) is 5.75 Å². The zero-order chi connectivity index (χ0) is 11.5. The van der Waals surface area contributed by atoms with Gasteiger partial charge in [0.05, 0.1) is 7.11 Å². The third kappa shape index (κ3) is 1.78. The highest BCUT2D eigenvalue weighted by Crippen LogP contribution is 2.25. The topological polar surface area (TPSA) is 31.2 Å². The molecule has 0 aliphatic rings. The smallest absolute Gasteiger partial charge is 0.152 e. The summed E-state index contributed by atoms with van der Waals surface area (Å²) in [4.78, 5) is 11.0. The standard InChI is InChI=1S/C12H12ClNO2/c1-16-10-2-3-12-11(6-10)9(8-15)7-14(12)5-4-13/h2-3,6-8H,4-5H2,1H3. The Labute approximate surface area is 98.6 Å². The molecule has 84 valence electrons. The van der Waals surface area contributed by atoms with Gasteiger partial charge in [-0.1, -0.05) is 0 Å². The molecule has 0 spiro atoms. The van der Waals surface area contributed by atoms with Crippen molar-refractivity contribution in [1.29, 1.82) is 0 Å². The molecule has 3 nitrogen and oxygen atoms in total. The number of carbonyl (C=O) groups excluding carboxylic acids is 1. The van der Waals surface area contributed by atoms with E-state index in [1.54, 1.807) is 7.11 Å². The normalized spacial score (nSPS) is 10.6. The van der Waals surface area contributed by atoms with Gasteiger partial charge in [0.25, 0.3) is 0 Å². The van der Waals surface area contributed by atoms with Crippen LogP contribution in [0.15, 0.2) is 24.4 Å². The molecule has 0 aliphatic heterocycles. The highest BCUT2D eigenvalue weighted by Gasteiger charge is 2.08. The Morgan fingerprint density at radius 2 is 2.31 bits per heavy atom. The molecular formula is C12H12ClNO2. The molecule has 0 radical (unpaired) electrons. The number of hydrogen-bond donors (Lipinski definition) is 0. The zero-order valence-electron chi connectivity index (χ0n) is 8.94. The summed E-state index contributed by atoms with van der Waals surface area (Å²) in [5, 5.41) is 0.902. The van der Waals surface area contributed by atoms with E-state index in [0.717, 1.165) is 22.9 Å². The number of rotatable bonds is 4. The van der Waals surface area contributed by atoms with Crippen LogP contribution in [0.2, 0.25) is 0 Å². The third-order valence-electron chi connectivity index (χ3n) is 2.57. The van der Waals surface area contributed by atoms with Crippen molar-refractivity contribution in [2.45, 2.75) is 6.54 Å². The van der Waals surface area contributed by atoms with Gasteiger partial charge in [-0.05, 0) is 18.2 Å². The molecule has 4 heteroatoms. The molecule has 1 aromatic carbocycles. The first-order valence-corrected chi connectivity index (χ1v) is 5.51. The second-order valence-corrected chi connectivity index (χ2v) is 3.85. The van der Waals surface area contributed by atoms with Crippen molar-refractivity contribution in [3.05, 3.63) is 30.0 Å². The van der Waals surface area contributed by atoms with Crippen molar-refractivity contribution >= 4 is 28.8 Å². The van der Waals surface area contributed by atoms with Crippen molar-refractivity contribution in [1.82, 2.24) is 4.57 Å². The van der Waals surface area contributed by atoms with Gasteiger partial charge in [0.15, 0.2) is 6.29 Å². The summed E-state index contributed by atoms with van der Waals surface area (Å²) in [6.07, 6.45) is 2.67. The van der Waals surface area contributed by atoms with Crippen LogP contribution in [-0.2, 0) is 6.54 Å². The minimum atomic E-state index is 0.522. The predicted octanol–water partition coefficient (Wildman–Crippen LogP) is 2.70. The van der Waals surface area contributed by atoms with Crippen LogP contribution in [0, 0.1) is 0 Å². The number of fused-ring (bicyclic) bond motifs is 1. The molecule has 0 atom stereocenters. The minimum absolute atomic E-state index is 0.522. The maximum absolute atomic E-state index is 11.0. The minimum Gasteiger partial charge on any atom is -0.497 e. The molecule has 0 fully saturated rings. The summed E-state index contributed by atoms with van der Waals surface area (Å²) in [5.41, 5.74) is 1.67. The van der Waals surface area contributed by atoms with E-state index < -0.39 is 0 Å². The molecule has 0 unspecified atom stereocenters. The highest BCUT2D eigenvalue weighted by atomic mass is 35.5. The van der Waals surface area contributed by atoms with E-state index in [1.165, 1.54) is 0 Å². The summed E-state index contributed by atoms with van der Waals surface area (Å²) in [5.74, 6) is 1.27. The van der Waals surface area contributed by atoms with Crippen LogP contribution in [-0.4, -0.2) is 23.8 Å². The van der Waals surface area contributed by atoms with Gasteiger partial charge in [-0.2, -0.15) is 0 Å². The fraction of sp³-hybridized carbons (Fsp3) is 0.250. The molecular weight excluding hydrogens is 226 g/mol. The number of hydrogen-bond acceptors (Lipinski definition) is 2. The maximum atomic E-state index is 11.0. The van der Waals surface area contributed by atoms with Gasteiger partial charge >= 0.3 is 0 Å². The van der Waals surface area contributed by atoms with Crippen LogP contribution in [0.5, 0.6) is 5.75 Å². The lowest BCUT2D eigenvalue weighted by atomic mass is 10.2. The third-order valence-corrected chi connectivity index (χ3v) is 2.74. The number of aldehydes is 1. The fourth-order valence-electron chi connectivity index (χ4n) is 1.80. The van der Waals surface area contributed by atoms with E-state index in [2.05, 4.69) is 0 Å². The van der Waals surface area contributed by atoms with Crippen molar-refractivity contribution < 1.29 is 9.53 Å². The van der Waals surface area contributed by atoms with E-state index in [0.29, 0.717) is 18.0 Å². The van der Waals surface area contributed by atoms with Gasteiger partial charge in [0, 0.05) is 35.1 Å². The van der Waals surface area contributed by atoms with E-state index in [4.69, 9.17) is 16.3 Å². The molecule has 0 aliphatic carbocycles. The van der Waals surface area contributed by atoms with Crippen molar-refractivity contribution in [2.24, 2.45) is 0 Å². The molecule has 1 aromatic heterocycles. The summed E-state index contributed by atoms with van der Waals surface area (Å²) < 4.78 is 7.12. The Morgan fingerprint density at radius 1 is 1.50 bits per heavy atom. The molecule has 0 amide bonds. The number of halogens is 1. The largest absolute Gasteiger partial charge is 0.497 e. The molecule has 2 rings (SSSR count). The van der Waals surface area contributed by atoms with Crippen LogP contribution in [0.1, 0.15) is 10.4 Å². The van der Waals surface area contributed by atoms with Gasteiger partial charge < -0.3 is 9.30 Å². The fourth-order valence-corrected chi connectivity index (χ4v) is 1.98. The quantitative estimate of drug-likeness (QED) is 0.605. The molecule has 0 saturated heterocycles. The van der Waals surface area contributed by atoms with E-state index in [1.807, 2.05) is 29.0 Å². The molecule has 0 bridgehead atoms. The number of alkyl halides is 1. The van der Waals surface area contributed by atoms with E-state index in [9.17, 15) is 4.79 Å². The second kappa shape index (κ2) is 4.58. The molecule has 1 heterocycles. The van der Waals surface area contributed by atoms with Gasteiger partial charge in [0.2, 0.25) is 0 Å². The Hall–Kier alpha value is -1.48. The number of carbonyl (C=O) groups is 1. The Morgan fingerprint density at radius 3 is 2.94 bits per heavy atom. The monoisotopic (exact) mass is 237 g/mol. The van der Waals surface area contributed by atoms with Gasteiger partial charge in [-0.3, -0.25) is 4.79 Å². The lowest BCUT2D eigenvalue weighted by molar-refractivity contribution is 0.112. The van der Waals surface area contributed by atoms with Crippen LogP contribution in [0.4, 0.5) is 0 Å². The number of aromatic nitrogens is 1. The lowest BCUT2D eigenvalue weighted by Crippen LogP contribution is -1.96. The van der Waals surface area contributed by atoms with Crippen LogP contribution in [0.3, 0.4) is 0 Å². The van der Waals surface area contributed by atoms with Crippen molar-refractivity contribution in [2.75, 3.05) is 13.0 Å².